The molecule has 10 heteroatoms. The number of nitrogens with zero attached hydrogens (tertiary/aromatic N) is 1. The van der Waals surface area contributed by atoms with E-state index in [1.165, 1.54) is 0 Å². The lowest BCUT2D eigenvalue weighted by molar-refractivity contribution is -0.384. The molecule has 0 amide bonds. The molecule has 1 N–H and O–H groups in total. The molecule has 0 aliphatic heterocycles. The number of halogens is 1. The standard InChI is InChI=1S/C9H9ClN2O6S/c10-7-2-1-6(5-8(7)12(15)16)19(17,18)11-4-3-9(13)14/h1-2,5,11H,3-4H2,(H,13,14)/p-1. The normalized spacial score (nSPS) is 11.2. The Labute approximate surface area is 113 Å². The van der Waals surface area contributed by atoms with Gasteiger partial charge in [0.1, 0.15) is 5.02 Å². The van der Waals surface area contributed by atoms with Gasteiger partial charge in [-0.15, -0.1) is 0 Å². The highest BCUT2D eigenvalue weighted by molar-refractivity contribution is 7.89. The molecule has 0 aliphatic carbocycles. The number of rotatable bonds is 6. The van der Waals surface area contributed by atoms with Gasteiger partial charge in [0, 0.05) is 25.0 Å². The zero-order valence-electron chi connectivity index (χ0n) is 9.33. The van der Waals surface area contributed by atoms with Crippen molar-refractivity contribution in [3.05, 3.63) is 33.3 Å². The Hall–Kier alpha value is -1.71. The SMILES string of the molecule is O=C([O-])CCNS(=O)(=O)c1ccc(Cl)c([N+](=O)[O-])c1. The maximum absolute atomic E-state index is 11.7. The number of benzene rings is 1. The highest BCUT2D eigenvalue weighted by Crippen LogP contribution is 2.26. The van der Waals surface area contributed by atoms with Gasteiger partial charge in [0.05, 0.1) is 9.82 Å². The Morgan fingerprint density at radius 2 is 2.05 bits per heavy atom. The van der Waals surface area contributed by atoms with E-state index in [4.69, 9.17) is 11.6 Å². The minimum atomic E-state index is -4.03. The van der Waals surface area contributed by atoms with E-state index >= 15 is 0 Å². The second-order valence-electron chi connectivity index (χ2n) is 3.39. The van der Waals surface area contributed by atoms with E-state index in [1.807, 2.05) is 4.72 Å². The predicted octanol–water partition coefficient (Wildman–Crippen LogP) is -0.333. The molecule has 0 fully saturated rings. The van der Waals surface area contributed by atoms with Gasteiger partial charge in [-0.05, 0) is 12.1 Å². The topological polar surface area (TPSA) is 129 Å². The Bertz CT molecular complexity index is 615. The quantitative estimate of drug-likeness (QED) is 0.565. The van der Waals surface area contributed by atoms with Crippen molar-refractivity contribution in [2.24, 2.45) is 0 Å². The van der Waals surface area contributed by atoms with Crippen LogP contribution in [0.1, 0.15) is 6.42 Å². The number of carboxylic acids is 1. The van der Waals surface area contributed by atoms with Crippen LogP contribution in [0.2, 0.25) is 5.02 Å². The van der Waals surface area contributed by atoms with Gasteiger partial charge < -0.3 is 9.90 Å². The summed E-state index contributed by atoms with van der Waals surface area (Å²) in [5.74, 6) is -1.41. The minimum absolute atomic E-state index is 0.196. The van der Waals surface area contributed by atoms with Crippen molar-refractivity contribution < 1.29 is 23.2 Å². The third kappa shape index (κ3) is 4.16. The van der Waals surface area contributed by atoms with Crippen molar-refractivity contribution in [2.75, 3.05) is 6.54 Å². The molecule has 0 aliphatic rings. The molecule has 1 aromatic carbocycles. The number of nitro groups is 1. The highest BCUT2D eigenvalue weighted by atomic mass is 35.5. The van der Waals surface area contributed by atoms with Crippen molar-refractivity contribution in [1.82, 2.24) is 4.72 Å². The Morgan fingerprint density at radius 3 is 2.58 bits per heavy atom. The lowest BCUT2D eigenvalue weighted by atomic mass is 10.3. The molecule has 0 atom stereocenters. The summed E-state index contributed by atoms with van der Waals surface area (Å²) >= 11 is 5.54. The van der Waals surface area contributed by atoms with E-state index in [2.05, 4.69) is 0 Å². The summed E-state index contributed by atoms with van der Waals surface area (Å²) < 4.78 is 25.4. The third-order valence-electron chi connectivity index (χ3n) is 2.05. The van der Waals surface area contributed by atoms with E-state index in [9.17, 15) is 28.4 Å². The summed E-state index contributed by atoms with van der Waals surface area (Å²) in [6.45, 7) is -0.374. The first-order valence-corrected chi connectivity index (χ1v) is 6.73. The molecule has 0 bridgehead atoms. The van der Waals surface area contributed by atoms with Crippen molar-refractivity contribution in [3.8, 4) is 0 Å². The maximum Gasteiger partial charge on any atom is 0.289 e. The first-order chi connectivity index (χ1) is 8.74. The van der Waals surface area contributed by atoms with Gasteiger partial charge in [0.15, 0.2) is 0 Å². The van der Waals surface area contributed by atoms with Gasteiger partial charge in [-0.1, -0.05) is 11.6 Å². The van der Waals surface area contributed by atoms with Crippen LogP contribution in [0.4, 0.5) is 5.69 Å². The van der Waals surface area contributed by atoms with Crippen LogP contribution >= 0.6 is 11.6 Å². The number of hydrogen-bond donors (Lipinski definition) is 1. The molecule has 0 aromatic heterocycles. The number of carbonyl (C=O) groups excluding carboxylic acids is 1. The molecule has 0 saturated heterocycles. The number of nitro benzene ring substituents is 1. The number of carboxylic acid groups (broad SMARTS) is 1. The van der Waals surface area contributed by atoms with Crippen molar-refractivity contribution in [1.29, 1.82) is 0 Å². The van der Waals surface area contributed by atoms with Crippen LogP contribution in [-0.2, 0) is 14.8 Å². The molecule has 8 nitrogen and oxygen atoms in total. The molecule has 0 radical (unpaired) electrons. The highest BCUT2D eigenvalue weighted by Gasteiger charge is 2.20. The average molecular weight is 308 g/mol. The Balaban J connectivity index is 2.99. The fourth-order valence-electron chi connectivity index (χ4n) is 1.17. The summed E-state index contributed by atoms with van der Waals surface area (Å²) in [4.78, 5) is 19.6. The number of aliphatic carboxylic acids is 1. The van der Waals surface area contributed by atoms with Crippen LogP contribution in [0, 0.1) is 10.1 Å². The first-order valence-electron chi connectivity index (χ1n) is 4.87. The first kappa shape index (κ1) is 15.3. The zero-order valence-corrected chi connectivity index (χ0v) is 10.9. The number of nitrogens with one attached hydrogen (secondary N) is 1. The van der Waals surface area contributed by atoms with E-state index in [-0.39, 0.29) is 16.5 Å². The molecule has 1 rings (SSSR count). The Kier molecular flexibility index (Phi) is 4.81. The van der Waals surface area contributed by atoms with Gasteiger partial charge in [0.2, 0.25) is 10.0 Å². The summed E-state index contributed by atoms with van der Waals surface area (Å²) in [5, 5.41) is 20.6. The second-order valence-corrected chi connectivity index (χ2v) is 5.56. The molecule has 0 saturated carbocycles. The van der Waals surface area contributed by atoms with Crippen LogP contribution in [-0.4, -0.2) is 25.9 Å². The summed E-state index contributed by atoms with van der Waals surface area (Å²) in [7, 11) is -4.03. The monoisotopic (exact) mass is 307 g/mol. The van der Waals surface area contributed by atoms with Crippen molar-refractivity contribution in [2.45, 2.75) is 11.3 Å². The summed E-state index contributed by atoms with van der Waals surface area (Å²) in [6.07, 6.45) is -0.505. The summed E-state index contributed by atoms with van der Waals surface area (Å²) in [6, 6.07) is 2.95. The zero-order chi connectivity index (χ0) is 14.6. The summed E-state index contributed by atoms with van der Waals surface area (Å²) in [5.41, 5.74) is -0.551. The fourth-order valence-corrected chi connectivity index (χ4v) is 2.41. The molecule has 0 heterocycles. The van der Waals surface area contributed by atoms with Crippen molar-refractivity contribution >= 4 is 33.3 Å². The average Bonchev–Trinajstić information content (AvgIpc) is 2.27. The van der Waals surface area contributed by atoms with Gasteiger partial charge >= 0.3 is 0 Å². The van der Waals surface area contributed by atoms with E-state index in [1.54, 1.807) is 0 Å². The van der Waals surface area contributed by atoms with Gasteiger partial charge in [0.25, 0.3) is 5.69 Å². The van der Waals surface area contributed by atoms with Crippen LogP contribution in [0.3, 0.4) is 0 Å². The van der Waals surface area contributed by atoms with Crippen molar-refractivity contribution in [3.63, 3.8) is 0 Å². The molecular weight excluding hydrogens is 300 g/mol. The number of sulfonamides is 1. The van der Waals surface area contributed by atoms with Gasteiger partial charge in [-0.2, -0.15) is 0 Å². The molecule has 104 valence electrons. The lowest BCUT2D eigenvalue weighted by Gasteiger charge is -2.07. The van der Waals surface area contributed by atoms with Crippen LogP contribution < -0.4 is 9.83 Å². The third-order valence-corrected chi connectivity index (χ3v) is 3.82. The van der Waals surface area contributed by atoms with E-state index in [0.29, 0.717) is 0 Å². The molecule has 0 spiro atoms. The second kappa shape index (κ2) is 5.95. The molecular formula is C9H8ClN2O6S-. The van der Waals surface area contributed by atoms with Gasteiger partial charge in [-0.25, -0.2) is 13.1 Å². The number of carbonyl (C=O) groups is 1. The van der Waals surface area contributed by atoms with Crippen LogP contribution in [0.15, 0.2) is 23.1 Å². The smallest absolute Gasteiger partial charge is 0.289 e. The molecule has 1 aromatic rings. The molecule has 0 unspecified atom stereocenters. The van der Waals surface area contributed by atoms with Gasteiger partial charge in [-0.3, -0.25) is 10.1 Å². The van der Waals surface area contributed by atoms with Crippen LogP contribution in [0.5, 0.6) is 0 Å². The number of hydrogen-bond acceptors (Lipinski definition) is 6. The maximum atomic E-state index is 11.7. The van der Waals surface area contributed by atoms with E-state index in [0.717, 1.165) is 18.2 Å². The van der Waals surface area contributed by atoms with Crippen LogP contribution in [0.25, 0.3) is 0 Å². The minimum Gasteiger partial charge on any atom is -0.550 e. The Morgan fingerprint density at radius 1 is 1.42 bits per heavy atom. The lowest BCUT2D eigenvalue weighted by Crippen LogP contribution is -2.31. The van der Waals surface area contributed by atoms with E-state index < -0.39 is 33.0 Å². The predicted molar refractivity (Wildman–Crippen MR) is 62.9 cm³/mol. The largest absolute Gasteiger partial charge is 0.550 e. The molecule has 19 heavy (non-hydrogen) atoms. The fraction of sp³-hybridized carbons (Fsp3) is 0.222.